The zero-order valence-electron chi connectivity index (χ0n) is 13.3. The molecule has 0 aliphatic heterocycles. The van der Waals surface area contributed by atoms with Crippen LogP contribution in [-0.2, 0) is 6.42 Å². The van der Waals surface area contributed by atoms with Crippen LogP contribution in [0.2, 0.25) is 0 Å². The average Bonchev–Trinajstić information content (AvgIpc) is 2.59. The van der Waals surface area contributed by atoms with Crippen molar-refractivity contribution in [1.29, 1.82) is 0 Å². The predicted molar refractivity (Wildman–Crippen MR) is 101 cm³/mol. The Kier molecular flexibility index (Phi) is 7.29. The third-order valence-electron chi connectivity index (χ3n) is 3.33. The van der Waals surface area contributed by atoms with Gasteiger partial charge in [0.2, 0.25) is 0 Å². The number of nitrogens with two attached hydrogens (primary N) is 1. The first-order chi connectivity index (χ1) is 11.6. The lowest BCUT2D eigenvalue weighted by atomic mass is 10.2. The van der Waals surface area contributed by atoms with Crippen molar-refractivity contribution in [2.75, 3.05) is 19.6 Å². The summed E-state index contributed by atoms with van der Waals surface area (Å²) in [4.78, 5) is 16.2. The zero-order valence-corrected chi connectivity index (χ0v) is 14.9. The van der Waals surface area contributed by atoms with Gasteiger partial charge >= 0.3 is 0 Å². The lowest BCUT2D eigenvalue weighted by Crippen LogP contribution is -2.38. The van der Waals surface area contributed by atoms with E-state index in [2.05, 4.69) is 43.7 Å². The summed E-state index contributed by atoms with van der Waals surface area (Å²) in [5, 5.41) is 5.82. The van der Waals surface area contributed by atoms with Crippen molar-refractivity contribution in [2.24, 2.45) is 10.7 Å². The van der Waals surface area contributed by atoms with Crippen LogP contribution in [0.15, 0.2) is 64.1 Å². The molecule has 2 aromatic rings. The summed E-state index contributed by atoms with van der Waals surface area (Å²) >= 11 is 3.35. The average molecular weight is 389 g/mol. The van der Waals surface area contributed by atoms with E-state index in [1.54, 1.807) is 12.1 Å². The van der Waals surface area contributed by atoms with E-state index in [0.717, 1.165) is 10.9 Å². The molecule has 0 fully saturated rings. The molecule has 1 amide bonds. The van der Waals surface area contributed by atoms with Crippen LogP contribution in [0.4, 0.5) is 0 Å². The van der Waals surface area contributed by atoms with E-state index >= 15 is 0 Å². The van der Waals surface area contributed by atoms with Gasteiger partial charge in [-0.2, -0.15) is 0 Å². The number of rotatable bonds is 7. The summed E-state index contributed by atoms with van der Waals surface area (Å²) < 4.78 is 0.878. The van der Waals surface area contributed by atoms with Gasteiger partial charge in [0.1, 0.15) is 0 Å². The highest BCUT2D eigenvalue weighted by molar-refractivity contribution is 9.10. The van der Waals surface area contributed by atoms with Gasteiger partial charge in [-0.05, 0) is 30.2 Å². The largest absolute Gasteiger partial charge is 0.370 e. The van der Waals surface area contributed by atoms with E-state index in [0.29, 0.717) is 31.2 Å². The van der Waals surface area contributed by atoms with E-state index < -0.39 is 0 Å². The molecule has 0 aromatic heterocycles. The molecule has 0 bridgehead atoms. The Labute approximate surface area is 150 Å². The highest BCUT2D eigenvalue weighted by atomic mass is 79.9. The molecule has 0 saturated carbocycles. The van der Waals surface area contributed by atoms with Crippen LogP contribution < -0.4 is 16.4 Å². The third kappa shape index (κ3) is 6.42. The third-order valence-corrected chi connectivity index (χ3v) is 3.82. The van der Waals surface area contributed by atoms with Crippen molar-refractivity contribution in [3.05, 3.63) is 70.2 Å². The monoisotopic (exact) mass is 388 g/mol. The second-order valence-corrected chi connectivity index (χ2v) is 6.11. The Balaban J connectivity index is 1.64. The van der Waals surface area contributed by atoms with Gasteiger partial charge in [0.25, 0.3) is 5.91 Å². The Morgan fingerprint density at radius 1 is 1.04 bits per heavy atom. The van der Waals surface area contributed by atoms with E-state index in [9.17, 15) is 4.79 Å². The van der Waals surface area contributed by atoms with Crippen LogP contribution >= 0.6 is 15.9 Å². The lowest BCUT2D eigenvalue weighted by Gasteiger charge is -2.08. The van der Waals surface area contributed by atoms with Crippen molar-refractivity contribution in [3.63, 3.8) is 0 Å². The van der Waals surface area contributed by atoms with Crippen molar-refractivity contribution in [3.8, 4) is 0 Å². The van der Waals surface area contributed by atoms with Crippen LogP contribution in [0.3, 0.4) is 0 Å². The summed E-state index contributed by atoms with van der Waals surface area (Å²) in [6.45, 7) is 1.63. The minimum absolute atomic E-state index is 0.113. The number of benzene rings is 2. The molecule has 0 spiro atoms. The smallest absolute Gasteiger partial charge is 0.251 e. The summed E-state index contributed by atoms with van der Waals surface area (Å²) in [5.41, 5.74) is 7.66. The quantitative estimate of drug-likeness (QED) is 0.386. The van der Waals surface area contributed by atoms with Gasteiger partial charge < -0.3 is 16.4 Å². The van der Waals surface area contributed by atoms with Gasteiger partial charge in [0.15, 0.2) is 5.96 Å². The maximum atomic E-state index is 11.9. The van der Waals surface area contributed by atoms with Crippen LogP contribution in [0.25, 0.3) is 0 Å². The molecular formula is C18H21BrN4O. The standard InChI is InChI=1S/C18H21BrN4O/c19-16-8-4-7-15(13-16)17(24)21-11-12-23-18(20)22-10-9-14-5-2-1-3-6-14/h1-8,13H,9-12H2,(H,21,24)(H3,20,22,23). The summed E-state index contributed by atoms with van der Waals surface area (Å²) in [7, 11) is 0. The maximum Gasteiger partial charge on any atom is 0.251 e. The normalized spacial score (nSPS) is 11.1. The van der Waals surface area contributed by atoms with E-state index in [1.165, 1.54) is 5.56 Å². The summed E-state index contributed by atoms with van der Waals surface area (Å²) in [5.74, 6) is 0.278. The predicted octanol–water partition coefficient (Wildman–Crippen LogP) is 2.33. The Hall–Kier alpha value is -2.34. The molecule has 24 heavy (non-hydrogen) atoms. The zero-order chi connectivity index (χ0) is 17.2. The number of amides is 1. The number of hydrogen-bond donors (Lipinski definition) is 3. The minimum Gasteiger partial charge on any atom is -0.370 e. The fourth-order valence-corrected chi connectivity index (χ4v) is 2.50. The second kappa shape index (κ2) is 9.72. The highest BCUT2D eigenvalue weighted by Gasteiger charge is 2.04. The van der Waals surface area contributed by atoms with Gasteiger partial charge in [-0.3, -0.25) is 9.79 Å². The molecule has 0 saturated heterocycles. The first-order valence-corrected chi connectivity index (χ1v) is 8.56. The number of hydrogen-bond acceptors (Lipinski definition) is 2. The van der Waals surface area contributed by atoms with Crippen LogP contribution in [0, 0.1) is 0 Å². The van der Waals surface area contributed by atoms with E-state index in [-0.39, 0.29) is 5.91 Å². The molecule has 0 heterocycles. The molecule has 0 radical (unpaired) electrons. The molecule has 2 aromatic carbocycles. The van der Waals surface area contributed by atoms with Crippen molar-refractivity contribution in [2.45, 2.75) is 6.42 Å². The molecule has 126 valence electrons. The first kappa shape index (κ1) is 18.0. The lowest BCUT2D eigenvalue weighted by molar-refractivity contribution is 0.0954. The highest BCUT2D eigenvalue weighted by Crippen LogP contribution is 2.11. The fraction of sp³-hybridized carbons (Fsp3) is 0.222. The molecule has 4 N–H and O–H groups in total. The Morgan fingerprint density at radius 3 is 2.54 bits per heavy atom. The number of nitrogens with one attached hydrogen (secondary N) is 2. The number of nitrogens with zero attached hydrogens (tertiary/aromatic N) is 1. The van der Waals surface area contributed by atoms with Gasteiger partial charge in [-0.15, -0.1) is 0 Å². The van der Waals surface area contributed by atoms with E-state index in [4.69, 9.17) is 5.73 Å². The first-order valence-electron chi connectivity index (χ1n) is 7.76. The molecule has 6 heteroatoms. The van der Waals surface area contributed by atoms with Crippen molar-refractivity contribution >= 4 is 27.8 Å². The maximum absolute atomic E-state index is 11.9. The van der Waals surface area contributed by atoms with Crippen LogP contribution in [0.1, 0.15) is 15.9 Å². The van der Waals surface area contributed by atoms with Gasteiger partial charge in [-0.1, -0.05) is 52.3 Å². The number of carbonyl (C=O) groups excluding carboxylic acids is 1. The molecule has 0 aliphatic rings. The number of guanidine groups is 1. The Morgan fingerprint density at radius 2 is 1.79 bits per heavy atom. The van der Waals surface area contributed by atoms with Crippen LogP contribution in [0.5, 0.6) is 0 Å². The minimum atomic E-state index is -0.113. The van der Waals surface area contributed by atoms with E-state index in [1.807, 2.05) is 30.3 Å². The van der Waals surface area contributed by atoms with Gasteiger partial charge in [0, 0.05) is 29.7 Å². The molecule has 0 aliphatic carbocycles. The number of carbonyl (C=O) groups is 1. The molecule has 0 atom stereocenters. The van der Waals surface area contributed by atoms with Crippen LogP contribution in [-0.4, -0.2) is 31.5 Å². The second-order valence-electron chi connectivity index (χ2n) is 5.20. The molecule has 2 rings (SSSR count). The number of aliphatic imine (C=N–C) groups is 1. The Bertz CT molecular complexity index is 688. The molecular weight excluding hydrogens is 368 g/mol. The number of halogens is 1. The molecule has 5 nitrogen and oxygen atoms in total. The van der Waals surface area contributed by atoms with Crippen molar-refractivity contribution in [1.82, 2.24) is 10.6 Å². The van der Waals surface area contributed by atoms with Gasteiger partial charge in [-0.25, -0.2) is 0 Å². The van der Waals surface area contributed by atoms with Gasteiger partial charge in [0.05, 0.1) is 0 Å². The SMILES string of the molecule is NC(=NCCc1ccccc1)NCCNC(=O)c1cccc(Br)c1. The summed E-state index contributed by atoms with van der Waals surface area (Å²) in [6.07, 6.45) is 0.850. The summed E-state index contributed by atoms with van der Waals surface area (Å²) in [6, 6.07) is 17.4. The molecule has 0 unspecified atom stereocenters. The fourth-order valence-electron chi connectivity index (χ4n) is 2.10. The van der Waals surface area contributed by atoms with Crippen molar-refractivity contribution < 1.29 is 4.79 Å². The topological polar surface area (TPSA) is 79.5 Å².